The van der Waals surface area contributed by atoms with Crippen LogP contribution in [0.2, 0.25) is 0 Å². The summed E-state index contributed by atoms with van der Waals surface area (Å²) in [6.07, 6.45) is 3.27. The molecule has 0 radical (unpaired) electrons. The van der Waals surface area contributed by atoms with Crippen LogP contribution in [0.25, 0.3) is 0 Å². The zero-order valence-corrected chi connectivity index (χ0v) is 11.2. The topological polar surface area (TPSA) is 38.3 Å². The Kier molecular flexibility index (Phi) is 3.11. The maximum absolute atomic E-state index is 13.8. The van der Waals surface area contributed by atoms with E-state index in [0.29, 0.717) is 4.47 Å². The van der Waals surface area contributed by atoms with Gasteiger partial charge in [-0.05, 0) is 47.3 Å². The fourth-order valence-electron chi connectivity index (χ4n) is 2.72. The molecule has 3 nitrogen and oxygen atoms in total. The first-order valence-corrected chi connectivity index (χ1v) is 6.85. The average Bonchev–Trinajstić information content (AvgIpc) is 2.94. The largest absolute Gasteiger partial charge is 0.373 e. The molecule has 1 aromatic carbocycles. The van der Waals surface area contributed by atoms with Crippen molar-refractivity contribution in [1.29, 1.82) is 0 Å². The second-order valence-electron chi connectivity index (χ2n) is 4.79. The molecule has 2 aliphatic rings. The van der Waals surface area contributed by atoms with Gasteiger partial charge < -0.3 is 10.1 Å². The van der Waals surface area contributed by atoms with Crippen molar-refractivity contribution in [3.63, 3.8) is 0 Å². The molecule has 3 atom stereocenters. The Balaban J connectivity index is 1.73. The predicted octanol–water partition coefficient (Wildman–Crippen LogP) is 2.64. The van der Waals surface area contributed by atoms with Crippen molar-refractivity contribution in [2.75, 3.05) is 0 Å². The highest BCUT2D eigenvalue weighted by atomic mass is 79.9. The zero-order chi connectivity index (χ0) is 12.7. The number of halogens is 2. The summed E-state index contributed by atoms with van der Waals surface area (Å²) >= 11 is 3.08. The van der Waals surface area contributed by atoms with E-state index in [1.807, 2.05) is 0 Å². The highest BCUT2D eigenvalue weighted by Gasteiger charge is 2.41. The van der Waals surface area contributed by atoms with Crippen LogP contribution in [-0.2, 0) is 4.74 Å². The summed E-state index contributed by atoms with van der Waals surface area (Å²) in [5.41, 5.74) is 0.0761. The molecule has 2 aliphatic heterocycles. The lowest BCUT2D eigenvalue weighted by molar-refractivity contribution is 0.0838. The lowest BCUT2D eigenvalue weighted by Gasteiger charge is -2.20. The van der Waals surface area contributed by atoms with Gasteiger partial charge in [0, 0.05) is 0 Å². The van der Waals surface area contributed by atoms with Crippen molar-refractivity contribution in [1.82, 2.24) is 5.32 Å². The molecule has 2 fully saturated rings. The SMILES string of the molecule is O=C(NC1CC2CCC1O2)c1cccc(Br)c1F. The van der Waals surface area contributed by atoms with Crippen LogP contribution in [0.5, 0.6) is 0 Å². The Morgan fingerprint density at radius 1 is 1.44 bits per heavy atom. The van der Waals surface area contributed by atoms with Gasteiger partial charge in [0.25, 0.3) is 5.91 Å². The number of rotatable bonds is 2. The summed E-state index contributed by atoms with van der Waals surface area (Å²) in [5, 5.41) is 2.87. The number of nitrogens with one attached hydrogen (secondary N) is 1. The van der Waals surface area contributed by atoms with Gasteiger partial charge in [-0.2, -0.15) is 0 Å². The van der Waals surface area contributed by atoms with E-state index in [1.165, 1.54) is 6.07 Å². The van der Waals surface area contributed by atoms with Crippen molar-refractivity contribution < 1.29 is 13.9 Å². The van der Waals surface area contributed by atoms with E-state index in [9.17, 15) is 9.18 Å². The number of hydrogen-bond acceptors (Lipinski definition) is 2. The Morgan fingerprint density at radius 2 is 2.28 bits per heavy atom. The van der Waals surface area contributed by atoms with Crippen LogP contribution in [-0.4, -0.2) is 24.2 Å². The Hall–Kier alpha value is -0.940. The van der Waals surface area contributed by atoms with E-state index in [1.54, 1.807) is 12.1 Å². The normalized spacial score (nSPS) is 29.6. The van der Waals surface area contributed by atoms with Crippen LogP contribution < -0.4 is 5.32 Å². The number of hydrogen-bond donors (Lipinski definition) is 1. The Labute approximate surface area is 113 Å². The molecule has 0 spiro atoms. The minimum Gasteiger partial charge on any atom is -0.373 e. The third-order valence-corrected chi connectivity index (χ3v) is 4.23. The molecular weight excluding hydrogens is 301 g/mol. The molecule has 2 saturated heterocycles. The summed E-state index contributed by atoms with van der Waals surface area (Å²) < 4.78 is 19.7. The standard InChI is InChI=1S/C13H13BrFNO2/c14-9-3-1-2-8(12(9)15)13(17)16-10-6-7-4-5-11(10)18-7/h1-3,7,10-11H,4-6H2,(H,16,17). The van der Waals surface area contributed by atoms with Crippen LogP contribution in [0.3, 0.4) is 0 Å². The number of carbonyl (C=O) groups is 1. The molecule has 0 aromatic heterocycles. The van der Waals surface area contributed by atoms with Gasteiger partial charge in [-0.15, -0.1) is 0 Å². The second kappa shape index (κ2) is 4.63. The van der Waals surface area contributed by atoms with E-state index in [2.05, 4.69) is 21.2 Å². The Bertz CT molecular complexity index is 494. The predicted molar refractivity (Wildman–Crippen MR) is 67.9 cm³/mol. The van der Waals surface area contributed by atoms with E-state index in [-0.39, 0.29) is 29.7 Å². The van der Waals surface area contributed by atoms with Crippen LogP contribution in [0, 0.1) is 5.82 Å². The fraction of sp³-hybridized carbons (Fsp3) is 0.462. The molecule has 96 valence electrons. The molecular formula is C13H13BrFNO2. The monoisotopic (exact) mass is 313 g/mol. The average molecular weight is 314 g/mol. The smallest absolute Gasteiger partial charge is 0.254 e. The molecule has 1 N–H and O–H groups in total. The van der Waals surface area contributed by atoms with E-state index in [0.717, 1.165) is 19.3 Å². The van der Waals surface area contributed by atoms with E-state index in [4.69, 9.17) is 4.74 Å². The first kappa shape index (κ1) is 12.1. The van der Waals surface area contributed by atoms with Crippen LogP contribution in [0.1, 0.15) is 29.6 Å². The molecule has 1 amide bonds. The molecule has 2 heterocycles. The maximum Gasteiger partial charge on any atom is 0.254 e. The highest BCUT2D eigenvalue weighted by Crippen LogP contribution is 2.34. The molecule has 0 aliphatic carbocycles. The number of carbonyl (C=O) groups excluding carboxylic acids is 1. The number of ether oxygens (including phenoxy) is 1. The third kappa shape index (κ3) is 2.06. The number of fused-ring (bicyclic) bond motifs is 2. The van der Waals surface area contributed by atoms with Crippen molar-refractivity contribution in [2.45, 2.75) is 37.5 Å². The van der Waals surface area contributed by atoms with Gasteiger partial charge in [0.1, 0.15) is 5.82 Å². The summed E-state index contributed by atoms with van der Waals surface area (Å²) in [6.45, 7) is 0. The van der Waals surface area contributed by atoms with E-state index < -0.39 is 5.82 Å². The summed E-state index contributed by atoms with van der Waals surface area (Å²) in [6, 6.07) is 4.74. The summed E-state index contributed by atoms with van der Waals surface area (Å²) in [4.78, 5) is 12.0. The zero-order valence-electron chi connectivity index (χ0n) is 9.66. The fourth-order valence-corrected chi connectivity index (χ4v) is 3.08. The molecule has 0 saturated carbocycles. The van der Waals surface area contributed by atoms with Gasteiger partial charge in [-0.1, -0.05) is 6.07 Å². The van der Waals surface area contributed by atoms with Crippen molar-refractivity contribution in [2.24, 2.45) is 0 Å². The molecule has 1 aromatic rings. The number of benzene rings is 1. The van der Waals surface area contributed by atoms with Gasteiger partial charge in [-0.25, -0.2) is 4.39 Å². The molecule has 2 bridgehead atoms. The van der Waals surface area contributed by atoms with Crippen molar-refractivity contribution in [3.05, 3.63) is 34.1 Å². The lowest BCUT2D eigenvalue weighted by Crippen LogP contribution is -2.41. The van der Waals surface area contributed by atoms with Gasteiger partial charge in [0.05, 0.1) is 28.3 Å². The number of amides is 1. The van der Waals surface area contributed by atoms with Crippen molar-refractivity contribution in [3.8, 4) is 0 Å². The molecule has 18 heavy (non-hydrogen) atoms. The van der Waals surface area contributed by atoms with Crippen LogP contribution in [0.4, 0.5) is 4.39 Å². The molecule has 3 unspecified atom stereocenters. The minimum absolute atomic E-state index is 0.0228. The van der Waals surface area contributed by atoms with E-state index >= 15 is 0 Å². The van der Waals surface area contributed by atoms with Gasteiger partial charge in [0.2, 0.25) is 0 Å². The summed E-state index contributed by atoms with van der Waals surface area (Å²) in [5.74, 6) is -0.881. The highest BCUT2D eigenvalue weighted by molar-refractivity contribution is 9.10. The maximum atomic E-state index is 13.8. The Morgan fingerprint density at radius 3 is 2.94 bits per heavy atom. The van der Waals surface area contributed by atoms with Crippen LogP contribution in [0.15, 0.2) is 22.7 Å². The minimum atomic E-state index is -0.515. The van der Waals surface area contributed by atoms with Crippen molar-refractivity contribution >= 4 is 21.8 Å². The van der Waals surface area contributed by atoms with Gasteiger partial charge in [0.15, 0.2) is 0 Å². The van der Waals surface area contributed by atoms with Crippen LogP contribution >= 0.6 is 15.9 Å². The third-order valence-electron chi connectivity index (χ3n) is 3.62. The quantitative estimate of drug-likeness (QED) is 0.911. The molecule has 3 rings (SSSR count). The van der Waals surface area contributed by atoms with Gasteiger partial charge in [-0.3, -0.25) is 4.79 Å². The molecule has 5 heteroatoms. The second-order valence-corrected chi connectivity index (χ2v) is 5.65. The first-order chi connectivity index (χ1) is 8.65. The van der Waals surface area contributed by atoms with Gasteiger partial charge >= 0.3 is 0 Å². The lowest BCUT2D eigenvalue weighted by atomic mass is 9.95. The first-order valence-electron chi connectivity index (χ1n) is 6.05. The summed E-state index contributed by atoms with van der Waals surface area (Å²) in [7, 11) is 0.